The number of benzene rings is 1. The van der Waals surface area contributed by atoms with E-state index in [-0.39, 0.29) is 11.4 Å². The highest BCUT2D eigenvalue weighted by molar-refractivity contribution is 9.10. The second-order valence-electron chi connectivity index (χ2n) is 3.08. The minimum absolute atomic E-state index is 0.0109. The van der Waals surface area contributed by atoms with Crippen LogP contribution in [0.4, 0.5) is 11.4 Å². The molecule has 0 bridgehead atoms. The molecule has 0 radical (unpaired) electrons. The third kappa shape index (κ3) is 3.98. The number of aliphatic carboxylic acids is 1. The number of carboxylic acid groups (broad SMARTS) is 1. The number of carbonyl (C=O) groups is 2. The average Bonchev–Trinajstić information content (AvgIpc) is 2.28. The monoisotopic (exact) mass is 314 g/mol. The van der Waals surface area contributed by atoms with Gasteiger partial charge in [-0.25, -0.2) is 4.79 Å². The first-order valence-electron chi connectivity index (χ1n) is 4.56. The van der Waals surface area contributed by atoms with Crippen molar-refractivity contribution < 1.29 is 19.6 Å². The summed E-state index contributed by atoms with van der Waals surface area (Å²) in [4.78, 5) is 31.6. The van der Waals surface area contributed by atoms with Gasteiger partial charge in [-0.1, -0.05) is 15.9 Å². The summed E-state index contributed by atoms with van der Waals surface area (Å²) in [6.45, 7) is 0. The van der Waals surface area contributed by atoms with Gasteiger partial charge >= 0.3 is 5.97 Å². The highest BCUT2D eigenvalue weighted by Gasteiger charge is 2.15. The van der Waals surface area contributed by atoms with Gasteiger partial charge in [0.1, 0.15) is 5.69 Å². The van der Waals surface area contributed by atoms with Gasteiger partial charge in [-0.3, -0.25) is 14.9 Å². The summed E-state index contributed by atoms with van der Waals surface area (Å²) < 4.78 is 0.494. The first-order chi connectivity index (χ1) is 8.40. The Hall–Kier alpha value is -2.22. The molecule has 1 aromatic carbocycles. The summed E-state index contributed by atoms with van der Waals surface area (Å²) in [5.74, 6) is -2.04. The van der Waals surface area contributed by atoms with Gasteiger partial charge < -0.3 is 10.4 Å². The topological polar surface area (TPSA) is 110 Å². The van der Waals surface area contributed by atoms with Crippen LogP contribution in [0.25, 0.3) is 0 Å². The highest BCUT2D eigenvalue weighted by atomic mass is 79.9. The van der Waals surface area contributed by atoms with E-state index in [4.69, 9.17) is 5.11 Å². The van der Waals surface area contributed by atoms with E-state index in [1.165, 1.54) is 18.2 Å². The minimum Gasteiger partial charge on any atom is -0.478 e. The number of carboxylic acids is 1. The van der Waals surface area contributed by atoms with Crippen molar-refractivity contribution in [3.05, 3.63) is 44.9 Å². The fourth-order valence-corrected chi connectivity index (χ4v) is 1.43. The van der Waals surface area contributed by atoms with Crippen LogP contribution in [-0.2, 0) is 9.59 Å². The normalized spacial score (nSPS) is 10.3. The Labute approximate surface area is 109 Å². The van der Waals surface area contributed by atoms with Gasteiger partial charge in [-0.15, -0.1) is 0 Å². The lowest BCUT2D eigenvalue weighted by Crippen LogP contribution is -2.10. The molecule has 0 spiro atoms. The summed E-state index contributed by atoms with van der Waals surface area (Å²) in [6, 6.07) is 4.09. The van der Waals surface area contributed by atoms with Crippen LogP contribution in [0, 0.1) is 10.1 Å². The van der Waals surface area contributed by atoms with Crippen LogP contribution in [0.1, 0.15) is 0 Å². The molecule has 18 heavy (non-hydrogen) atoms. The molecule has 2 N–H and O–H groups in total. The van der Waals surface area contributed by atoms with Crippen LogP contribution in [0.5, 0.6) is 0 Å². The number of hydrogen-bond acceptors (Lipinski definition) is 4. The van der Waals surface area contributed by atoms with Gasteiger partial charge in [-0.05, 0) is 12.1 Å². The number of nitro benzene ring substituents is 1. The Morgan fingerprint density at radius 2 is 2.06 bits per heavy atom. The molecule has 0 unspecified atom stereocenters. The SMILES string of the molecule is O=C(O)/C=C/C(=O)Nc1ccc(Br)cc1[N+](=O)[O-]. The second kappa shape index (κ2) is 5.92. The zero-order valence-corrected chi connectivity index (χ0v) is 10.4. The van der Waals surface area contributed by atoms with Gasteiger partial charge in [0.15, 0.2) is 0 Å². The first kappa shape index (κ1) is 13.8. The highest BCUT2D eigenvalue weighted by Crippen LogP contribution is 2.27. The molecule has 1 aromatic rings. The number of carbonyl (C=O) groups excluding carboxylic acids is 1. The molecule has 1 rings (SSSR count). The number of halogens is 1. The molecular formula is C10H7BrN2O5. The predicted molar refractivity (Wildman–Crippen MR) is 66.2 cm³/mol. The van der Waals surface area contributed by atoms with Gasteiger partial charge in [-0.2, -0.15) is 0 Å². The molecule has 0 heterocycles. The standard InChI is InChI=1S/C10H7BrN2O5/c11-6-1-2-7(8(5-6)13(17)18)12-9(14)3-4-10(15)16/h1-5H,(H,12,14)(H,15,16)/b4-3+. The van der Waals surface area contributed by atoms with Crippen LogP contribution >= 0.6 is 15.9 Å². The van der Waals surface area contributed by atoms with Crippen molar-refractivity contribution in [3.8, 4) is 0 Å². The number of amides is 1. The van der Waals surface area contributed by atoms with Gasteiger partial charge in [0, 0.05) is 22.7 Å². The minimum atomic E-state index is -1.28. The van der Waals surface area contributed by atoms with Gasteiger partial charge in [0.2, 0.25) is 5.91 Å². The maximum Gasteiger partial charge on any atom is 0.328 e. The lowest BCUT2D eigenvalue weighted by Gasteiger charge is -2.03. The number of nitrogens with one attached hydrogen (secondary N) is 1. The Balaban J connectivity index is 2.94. The smallest absolute Gasteiger partial charge is 0.328 e. The number of rotatable bonds is 4. The molecule has 0 aliphatic heterocycles. The summed E-state index contributed by atoms with van der Waals surface area (Å²) in [5.41, 5.74) is -0.301. The van der Waals surface area contributed by atoms with E-state index < -0.39 is 16.8 Å². The van der Waals surface area contributed by atoms with Crippen molar-refractivity contribution >= 4 is 39.2 Å². The van der Waals surface area contributed by atoms with E-state index in [2.05, 4.69) is 21.2 Å². The van der Waals surface area contributed by atoms with E-state index in [0.717, 1.165) is 6.08 Å². The molecule has 8 heteroatoms. The number of nitrogens with zero attached hydrogens (tertiary/aromatic N) is 1. The van der Waals surface area contributed by atoms with Crippen molar-refractivity contribution in [3.63, 3.8) is 0 Å². The second-order valence-corrected chi connectivity index (χ2v) is 4.00. The number of hydrogen-bond donors (Lipinski definition) is 2. The van der Waals surface area contributed by atoms with E-state index >= 15 is 0 Å². The third-order valence-electron chi connectivity index (χ3n) is 1.79. The summed E-state index contributed by atoms with van der Waals surface area (Å²) >= 11 is 3.07. The van der Waals surface area contributed by atoms with Crippen LogP contribution < -0.4 is 5.32 Å². The lowest BCUT2D eigenvalue weighted by atomic mass is 10.2. The first-order valence-corrected chi connectivity index (χ1v) is 5.35. The quantitative estimate of drug-likeness (QED) is 0.501. The molecule has 0 aromatic heterocycles. The molecular weight excluding hydrogens is 308 g/mol. The van der Waals surface area contributed by atoms with Crippen molar-refractivity contribution in [1.82, 2.24) is 0 Å². The van der Waals surface area contributed by atoms with E-state index in [1.807, 2.05) is 0 Å². The van der Waals surface area contributed by atoms with E-state index in [0.29, 0.717) is 10.5 Å². The Morgan fingerprint density at radius 3 is 2.61 bits per heavy atom. The number of anilines is 1. The van der Waals surface area contributed by atoms with Gasteiger partial charge in [0.25, 0.3) is 5.69 Å². The van der Waals surface area contributed by atoms with Crippen LogP contribution in [-0.4, -0.2) is 21.9 Å². The van der Waals surface area contributed by atoms with Crippen molar-refractivity contribution in [2.75, 3.05) is 5.32 Å². The molecule has 1 amide bonds. The van der Waals surface area contributed by atoms with Crippen molar-refractivity contribution in [1.29, 1.82) is 0 Å². The molecule has 0 aliphatic carbocycles. The zero-order chi connectivity index (χ0) is 13.7. The molecule has 0 fully saturated rings. The maximum atomic E-state index is 11.3. The van der Waals surface area contributed by atoms with Crippen LogP contribution in [0.15, 0.2) is 34.8 Å². The van der Waals surface area contributed by atoms with E-state index in [1.54, 1.807) is 0 Å². The molecule has 0 saturated heterocycles. The summed E-state index contributed by atoms with van der Waals surface area (Å²) in [7, 11) is 0. The largest absolute Gasteiger partial charge is 0.478 e. The Morgan fingerprint density at radius 1 is 1.39 bits per heavy atom. The molecule has 0 saturated carbocycles. The average molecular weight is 315 g/mol. The van der Waals surface area contributed by atoms with Crippen LogP contribution in [0.2, 0.25) is 0 Å². The summed E-state index contributed by atoms with van der Waals surface area (Å²) in [5, 5.41) is 21.3. The lowest BCUT2D eigenvalue weighted by molar-refractivity contribution is -0.384. The van der Waals surface area contributed by atoms with Crippen molar-refractivity contribution in [2.24, 2.45) is 0 Å². The Bertz CT molecular complexity index is 541. The summed E-state index contributed by atoms with van der Waals surface area (Å²) in [6.07, 6.45) is 1.41. The van der Waals surface area contributed by atoms with Gasteiger partial charge in [0.05, 0.1) is 4.92 Å². The zero-order valence-electron chi connectivity index (χ0n) is 8.79. The predicted octanol–water partition coefficient (Wildman–Crippen LogP) is 1.94. The molecule has 0 atom stereocenters. The third-order valence-corrected chi connectivity index (χ3v) is 2.28. The Kier molecular flexibility index (Phi) is 4.55. The molecule has 0 aliphatic rings. The molecule has 7 nitrogen and oxygen atoms in total. The van der Waals surface area contributed by atoms with Crippen LogP contribution in [0.3, 0.4) is 0 Å². The fraction of sp³-hybridized carbons (Fsp3) is 0. The van der Waals surface area contributed by atoms with E-state index in [9.17, 15) is 19.7 Å². The van der Waals surface area contributed by atoms with Crippen molar-refractivity contribution in [2.45, 2.75) is 0 Å². The fourth-order valence-electron chi connectivity index (χ4n) is 1.08. The molecule has 94 valence electrons. The maximum absolute atomic E-state index is 11.3. The number of nitro groups is 1.